The maximum atomic E-state index is 13.6. The van der Waals surface area contributed by atoms with Crippen LogP contribution in [0.3, 0.4) is 0 Å². The van der Waals surface area contributed by atoms with E-state index < -0.39 is 17.7 Å². The Morgan fingerprint density at radius 1 is 1.42 bits per heavy atom. The molecule has 1 aromatic rings. The van der Waals surface area contributed by atoms with Crippen molar-refractivity contribution >= 4 is 11.9 Å². The van der Waals surface area contributed by atoms with E-state index in [4.69, 9.17) is 10.8 Å². The van der Waals surface area contributed by atoms with E-state index in [1.54, 1.807) is 11.9 Å². The van der Waals surface area contributed by atoms with Crippen molar-refractivity contribution in [2.24, 2.45) is 5.73 Å². The minimum Gasteiger partial charge on any atom is -0.481 e. The molecule has 0 heterocycles. The third kappa shape index (κ3) is 5.05. The van der Waals surface area contributed by atoms with Gasteiger partial charge in [-0.15, -0.1) is 0 Å². The zero-order chi connectivity index (χ0) is 14.4. The lowest BCUT2D eigenvalue weighted by Gasteiger charge is -2.16. The molecule has 3 N–H and O–H groups in total. The van der Waals surface area contributed by atoms with Crippen LogP contribution in [-0.2, 0) is 11.3 Å². The molecule has 0 unspecified atom stereocenters. The number of carbonyl (C=O) groups is 2. The lowest BCUT2D eigenvalue weighted by Crippen LogP contribution is -2.21. The molecule has 0 aliphatic heterocycles. The number of amides is 1. The first kappa shape index (κ1) is 15.1. The van der Waals surface area contributed by atoms with E-state index in [9.17, 15) is 14.0 Å². The molecule has 0 bridgehead atoms. The fraction of sp³-hybridized carbons (Fsp3) is 0.385. The first-order chi connectivity index (χ1) is 8.90. The van der Waals surface area contributed by atoms with E-state index >= 15 is 0 Å². The molecule has 0 radical (unpaired) electrons. The Kier molecular flexibility index (Phi) is 5.44. The van der Waals surface area contributed by atoms with Crippen LogP contribution >= 0.6 is 0 Å². The van der Waals surface area contributed by atoms with Gasteiger partial charge in [0.1, 0.15) is 5.82 Å². The Morgan fingerprint density at radius 2 is 2.11 bits per heavy atom. The number of nitrogens with zero attached hydrogens (tertiary/aromatic N) is 1. The highest BCUT2D eigenvalue weighted by Gasteiger charge is 2.09. The van der Waals surface area contributed by atoms with Crippen molar-refractivity contribution < 1.29 is 19.1 Å². The minimum atomic E-state index is -0.852. The Labute approximate surface area is 110 Å². The second kappa shape index (κ2) is 6.84. The topological polar surface area (TPSA) is 83.6 Å². The van der Waals surface area contributed by atoms with Gasteiger partial charge in [0, 0.05) is 24.1 Å². The number of nitrogens with two attached hydrogens (primary N) is 1. The summed E-state index contributed by atoms with van der Waals surface area (Å²) in [4.78, 5) is 23.2. The molecule has 6 heteroatoms. The number of hydrogen-bond donors (Lipinski definition) is 2. The Hall–Kier alpha value is -1.95. The fourth-order valence-corrected chi connectivity index (χ4v) is 1.72. The van der Waals surface area contributed by atoms with Gasteiger partial charge in [0.2, 0.25) is 5.91 Å². The maximum absolute atomic E-state index is 13.6. The lowest BCUT2D eigenvalue weighted by atomic mass is 10.1. The molecule has 0 spiro atoms. The van der Waals surface area contributed by atoms with E-state index in [2.05, 4.69) is 0 Å². The zero-order valence-electron chi connectivity index (χ0n) is 10.7. The Balaban J connectivity index is 2.62. The molecule has 19 heavy (non-hydrogen) atoms. The van der Waals surface area contributed by atoms with E-state index in [1.807, 2.05) is 0 Å². The van der Waals surface area contributed by atoms with E-state index in [0.717, 1.165) is 0 Å². The molecular weight excluding hydrogens is 251 g/mol. The summed E-state index contributed by atoms with van der Waals surface area (Å²) in [6.45, 7) is 0.832. The summed E-state index contributed by atoms with van der Waals surface area (Å²) in [5.41, 5.74) is 5.77. The number of carboxylic acid groups (broad SMARTS) is 1. The zero-order valence-corrected chi connectivity index (χ0v) is 10.7. The number of carbonyl (C=O) groups excluding carboxylic acids is 1. The Morgan fingerprint density at radius 3 is 2.68 bits per heavy atom. The third-order valence-corrected chi connectivity index (χ3v) is 2.70. The highest BCUT2D eigenvalue weighted by atomic mass is 19.1. The van der Waals surface area contributed by atoms with Gasteiger partial charge >= 0.3 is 5.97 Å². The van der Waals surface area contributed by atoms with Gasteiger partial charge in [-0.3, -0.25) is 9.59 Å². The summed E-state index contributed by atoms with van der Waals surface area (Å²) < 4.78 is 13.6. The van der Waals surface area contributed by atoms with Gasteiger partial charge in [0.15, 0.2) is 0 Å². The van der Waals surface area contributed by atoms with Crippen molar-refractivity contribution in [2.45, 2.75) is 19.4 Å². The van der Waals surface area contributed by atoms with Crippen LogP contribution in [0.5, 0.6) is 0 Å². The number of benzene rings is 1. The SMILES string of the molecule is CN(CCCC(=O)O)Cc1cc(C(N)=O)ccc1F. The van der Waals surface area contributed by atoms with E-state index in [0.29, 0.717) is 25.1 Å². The first-order valence-corrected chi connectivity index (χ1v) is 5.88. The van der Waals surface area contributed by atoms with Crippen LogP contribution in [-0.4, -0.2) is 35.5 Å². The van der Waals surface area contributed by atoms with Gasteiger partial charge in [-0.1, -0.05) is 0 Å². The van der Waals surface area contributed by atoms with Crippen LogP contribution < -0.4 is 5.73 Å². The molecule has 0 saturated heterocycles. The number of primary amides is 1. The standard InChI is InChI=1S/C13H17FN2O3/c1-16(6-2-3-12(17)18)8-10-7-9(13(15)19)4-5-11(10)14/h4-5,7H,2-3,6,8H2,1H3,(H2,15,19)(H,17,18). The predicted molar refractivity (Wildman–Crippen MR) is 68.1 cm³/mol. The van der Waals surface area contributed by atoms with Crippen LogP contribution in [0.4, 0.5) is 4.39 Å². The summed E-state index contributed by atoms with van der Waals surface area (Å²) in [6.07, 6.45) is 0.567. The second-order valence-corrected chi connectivity index (χ2v) is 4.41. The summed E-state index contributed by atoms with van der Waals surface area (Å²) in [7, 11) is 1.76. The van der Waals surface area contributed by atoms with Gasteiger partial charge in [-0.25, -0.2) is 4.39 Å². The number of rotatable bonds is 7. The van der Waals surface area contributed by atoms with Gasteiger partial charge in [0.25, 0.3) is 0 Å². The van der Waals surface area contributed by atoms with Gasteiger partial charge in [0.05, 0.1) is 0 Å². The smallest absolute Gasteiger partial charge is 0.303 e. The minimum absolute atomic E-state index is 0.0775. The summed E-state index contributed by atoms with van der Waals surface area (Å²) in [5, 5.41) is 8.53. The van der Waals surface area contributed by atoms with Gasteiger partial charge in [-0.2, -0.15) is 0 Å². The van der Waals surface area contributed by atoms with E-state index in [1.165, 1.54) is 18.2 Å². The normalized spacial score (nSPS) is 10.7. The summed E-state index contributed by atoms with van der Waals surface area (Å²) >= 11 is 0. The molecule has 1 rings (SSSR count). The number of halogens is 1. The highest BCUT2D eigenvalue weighted by molar-refractivity contribution is 5.92. The number of carboxylic acids is 1. The summed E-state index contributed by atoms with van der Waals surface area (Å²) in [6, 6.07) is 3.97. The van der Waals surface area contributed by atoms with Crippen molar-refractivity contribution in [2.75, 3.05) is 13.6 Å². The van der Waals surface area contributed by atoms with Gasteiger partial charge in [-0.05, 0) is 38.2 Å². The molecule has 0 aromatic heterocycles. The van der Waals surface area contributed by atoms with Crippen molar-refractivity contribution in [3.05, 3.63) is 35.1 Å². The van der Waals surface area contributed by atoms with Crippen molar-refractivity contribution in [3.63, 3.8) is 0 Å². The first-order valence-electron chi connectivity index (χ1n) is 5.88. The molecule has 0 aliphatic carbocycles. The largest absolute Gasteiger partial charge is 0.481 e. The Bertz CT molecular complexity index is 477. The van der Waals surface area contributed by atoms with Crippen molar-refractivity contribution in [1.82, 2.24) is 4.90 Å². The molecule has 5 nitrogen and oxygen atoms in total. The molecule has 104 valence electrons. The molecule has 1 aromatic carbocycles. The second-order valence-electron chi connectivity index (χ2n) is 4.41. The molecule has 0 saturated carbocycles. The quantitative estimate of drug-likeness (QED) is 0.778. The van der Waals surface area contributed by atoms with E-state index in [-0.39, 0.29) is 12.0 Å². The molecular formula is C13H17FN2O3. The average molecular weight is 268 g/mol. The summed E-state index contributed by atoms with van der Waals surface area (Å²) in [5.74, 6) is -1.86. The maximum Gasteiger partial charge on any atom is 0.303 e. The van der Waals surface area contributed by atoms with Crippen LogP contribution in [0.2, 0.25) is 0 Å². The lowest BCUT2D eigenvalue weighted by molar-refractivity contribution is -0.137. The van der Waals surface area contributed by atoms with Crippen LogP contribution in [0.15, 0.2) is 18.2 Å². The predicted octanol–water partition coefficient (Wildman–Crippen LogP) is 1.22. The molecule has 0 fully saturated rings. The van der Waals surface area contributed by atoms with Crippen LogP contribution in [0, 0.1) is 5.82 Å². The molecule has 0 aliphatic rings. The van der Waals surface area contributed by atoms with Crippen LogP contribution in [0.25, 0.3) is 0 Å². The molecule has 0 atom stereocenters. The average Bonchev–Trinajstić information content (AvgIpc) is 2.31. The molecule has 1 amide bonds. The number of aliphatic carboxylic acids is 1. The van der Waals surface area contributed by atoms with Crippen molar-refractivity contribution in [1.29, 1.82) is 0 Å². The highest BCUT2D eigenvalue weighted by Crippen LogP contribution is 2.12. The monoisotopic (exact) mass is 268 g/mol. The number of hydrogen-bond acceptors (Lipinski definition) is 3. The fourth-order valence-electron chi connectivity index (χ4n) is 1.72. The van der Waals surface area contributed by atoms with Crippen LogP contribution in [0.1, 0.15) is 28.8 Å². The third-order valence-electron chi connectivity index (χ3n) is 2.70. The van der Waals surface area contributed by atoms with Gasteiger partial charge < -0.3 is 15.7 Å². The van der Waals surface area contributed by atoms with Crippen molar-refractivity contribution in [3.8, 4) is 0 Å².